The van der Waals surface area contributed by atoms with E-state index in [2.05, 4.69) is 26.1 Å². The van der Waals surface area contributed by atoms with E-state index < -0.39 is 4.92 Å². The Morgan fingerprint density at radius 2 is 1.71 bits per heavy atom. The zero-order chi connectivity index (χ0) is 24.9. The third-order valence-corrected chi connectivity index (χ3v) is 5.42. The van der Waals surface area contributed by atoms with Crippen molar-refractivity contribution in [3.05, 3.63) is 93.0 Å². The van der Waals surface area contributed by atoms with Crippen LogP contribution < -0.4 is 14.8 Å². The van der Waals surface area contributed by atoms with Gasteiger partial charge < -0.3 is 14.8 Å². The SMILES string of the molecule is CCOc1ccc(C(=O)Nc2cc([N+](=O)[O-])ccc2C)cc1COc1ccc(C(C)(C)C)cc1. The second-order valence-corrected chi connectivity index (χ2v) is 9.03. The van der Waals surface area contributed by atoms with Crippen LogP contribution in [0.2, 0.25) is 0 Å². The number of hydrogen-bond donors (Lipinski definition) is 1. The van der Waals surface area contributed by atoms with E-state index in [0.29, 0.717) is 23.6 Å². The molecule has 7 nitrogen and oxygen atoms in total. The maximum atomic E-state index is 12.9. The van der Waals surface area contributed by atoms with Crippen molar-refractivity contribution < 1.29 is 19.2 Å². The monoisotopic (exact) mass is 462 g/mol. The Morgan fingerprint density at radius 3 is 2.32 bits per heavy atom. The summed E-state index contributed by atoms with van der Waals surface area (Å²) in [6, 6.07) is 17.4. The lowest BCUT2D eigenvalue weighted by atomic mass is 9.87. The van der Waals surface area contributed by atoms with Crippen LogP contribution in [0.3, 0.4) is 0 Å². The van der Waals surface area contributed by atoms with Crippen LogP contribution in [0.5, 0.6) is 11.5 Å². The van der Waals surface area contributed by atoms with Crippen molar-refractivity contribution in [2.45, 2.75) is 46.6 Å². The van der Waals surface area contributed by atoms with Crippen LogP contribution in [-0.4, -0.2) is 17.4 Å². The molecular weight excluding hydrogens is 432 g/mol. The van der Waals surface area contributed by atoms with E-state index in [1.807, 2.05) is 31.2 Å². The Bertz CT molecular complexity index is 1180. The molecule has 7 heteroatoms. The van der Waals surface area contributed by atoms with E-state index in [-0.39, 0.29) is 23.6 Å². The molecule has 1 amide bonds. The lowest BCUT2D eigenvalue weighted by Gasteiger charge is -2.19. The number of carbonyl (C=O) groups is 1. The molecule has 178 valence electrons. The zero-order valence-corrected chi connectivity index (χ0v) is 20.2. The Labute approximate surface area is 199 Å². The normalized spacial score (nSPS) is 11.1. The van der Waals surface area contributed by atoms with Gasteiger partial charge in [-0.15, -0.1) is 0 Å². The molecule has 0 aliphatic carbocycles. The fraction of sp³-hybridized carbons (Fsp3) is 0.296. The average molecular weight is 463 g/mol. The Balaban J connectivity index is 1.79. The Hall–Kier alpha value is -3.87. The number of amides is 1. The average Bonchev–Trinajstić information content (AvgIpc) is 2.79. The van der Waals surface area contributed by atoms with E-state index in [9.17, 15) is 14.9 Å². The molecule has 1 N–H and O–H groups in total. The molecule has 0 heterocycles. The minimum atomic E-state index is -0.491. The third kappa shape index (κ3) is 6.13. The first kappa shape index (κ1) is 24.8. The molecule has 34 heavy (non-hydrogen) atoms. The van der Waals surface area contributed by atoms with Crippen molar-refractivity contribution in [2.75, 3.05) is 11.9 Å². The Kier molecular flexibility index (Phi) is 7.56. The molecule has 3 rings (SSSR count). The molecule has 3 aromatic carbocycles. The van der Waals surface area contributed by atoms with Crippen molar-refractivity contribution in [3.63, 3.8) is 0 Å². The minimum absolute atomic E-state index is 0.0555. The number of non-ortho nitro benzene ring substituents is 1. The van der Waals surface area contributed by atoms with Crippen LogP contribution in [0, 0.1) is 17.0 Å². The first-order chi connectivity index (χ1) is 16.1. The highest BCUT2D eigenvalue weighted by Gasteiger charge is 2.16. The molecule has 0 spiro atoms. The lowest BCUT2D eigenvalue weighted by Crippen LogP contribution is -2.14. The topological polar surface area (TPSA) is 90.7 Å². The number of aryl methyl sites for hydroxylation is 1. The second kappa shape index (κ2) is 10.4. The molecule has 3 aromatic rings. The van der Waals surface area contributed by atoms with E-state index in [1.165, 1.54) is 17.7 Å². The van der Waals surface area contributed by atoms with Gasteiger partial charge in [-0.25, -0.2) is 0 Å². The van der Waals surface area contributed by atoms with Crippen molar-refractivity contribution in [2.24, 2.45) is 0 Å². The van der Waals surface area contributed by atoms with Gasteiger partial charge in [-0.2, -0.15) is 0 Å². The number of nitrogens with zero attached hydrogens (tertiary/aromatic N) is 1. The van der Waals surface area contributed by atoms with Crippen molar-refractivity contribution in [1.82, 2.24) is 0 Å². The lowest BCUT2D eigenvalue weighted by molar-refractivity contribution is -0.384. The van der Waals surface area contributed by atoms with E-state index in [1.54, 1.807) is 31.2 Å². The summed E-state index contributed by atoms with van der Waals surface area (Å²) in [4.78, 5) is 23.5. The number of carbonyl (C=O) groups excluding carboxylic acids is 1. The van der Waals surface area contributed by atoms with Gasteiger partial charge in [0.1, 0.15) is 18.1 Å². The van der Waals surface area contributed by atoms with Crippen LogP contribution in [0.15, 0.2) is 60.7 Å². The molecule has 0 bridgehead atoms. The third-order valence-electron chi connectivity index (χ3n) is 5.42. The van der Waals surface area contributed by atoms with Crippen LogP contribution in [0.4, 0.5) is 11.4 Å². The first-order valence-electron chi connectivity index (χ1n) is 11.1. The summed E-state index contributed by atoms with van der Waals surface area (Å²) < 4.78 is 11.7. The molecular formula is C27H30N2O5. The predicted octanol–water partition coefficient (Wildman–Crippen LogP) is 6.43. The van der Waals surface area contributed by atoms with Gasteiger partial charge >= 0.3 is 0 Å². The summed E-state index contributed by atoms with van der Waals surface area (Å²) in [6.07, 6.45) is 0. The second-order valence-electron chi connectivity index (χ2n) is 9.03. The summed E-state index contributed by atoms with van der Waals surface area (Å²) in [7, 11) is 0. The number of rotatable bonds is 8. The van der Waals surface area contributed by atoms with Crippen LogP contribution in [0.1, 0.15) is 54.7 Å². The number of nitrogens with one attached hydrogen (secondary N) is 1. The maximum absolute atomic E-state index is 12.9. The zero-order valence-electron chi connectivity index (χ0n) is 20.2. The Morgan fingerprint density at radius 1 is 1.00 bits per heavy atom. The van der Waals surface area contributed by atoms with Gasteiger partial charge in [-0.1, -0.05) is 39.0 Å². The number of ether oxygens (including phenoxy) is 2. The van der Waals surface area contributed by atoms with Crippen LogP contribution >= 0.6 is 0 Å². The molecule has 0 aromatic heterocycles. The highest BCUT2D eigenvalue weighted by molar-refractivity contribution is 6.05. The van der Waals surface area contributed by atoms with Gasteiger partial charge in [0.05, 0.1) is 17.2 Å². The molecule has 0 aliphatic heterocycles. The fourth-order valence-electron chi connectivity index (χ4n) is 3.39. The van der Waals surface area contributed by atoms with E-state index >= 15 is 0 Å². The summed E-state index contributed by atoms with van der Waals surface area (Å²) in [5.41, 5.74) is 3.43. The van der Waals surface area contributed by atoms with Crippen molar-refractivity contribution in [3.8, 4) is 11.5 Å². The predicted molar refractivity (Wildman–Crippen MR) is 133 cm³/mol. The van der Waals surface area contributed by atoms with Crippen molar-refractivity contribution in [1.29, 1.82) is 0 Å². The summed E-state index contributed by atoms with van der Waals surface area (Å²) in [6.45, 7) is 10.8. The molecule has 0 unspecified atom stereocenters. The fourth-order valence-corrected chi connectivity index (χ4v) is 3.39. The van der Waals surface area contributed by atoms with Gasteiger partial charge in [0.25, 0.3) is 11.6 Å². The first-order valence-corrected chi connectivity index (χ1v) is 11.1. The molecule has 0 fully saturated rings. The highest BCUT2D eigenvalue weighted by atomic mass is 16.6. The summed E-state index contributed by atoms with van der Waals surface area (Å²) in [5.74, 6) is 0.983. The van der Waals surface area contributed by atoms with Crippen LogP contribution in [-0.2, 0) is 12.0 Å². The summed E-state index contributed by atoms with van der Waals surface area (Å²) >= 11 is 0. The number of nitro groups is 1. The number of nitro benzene ring substituents is 1. The number of hydrogen-bond acceptors (Lipinski definition) is 5. The quantitative estimate of drug-likeness (QED) is 0.308. The standard InChI is InChI=1S/C27H30N2O5/c1-6-33-25-14-8-19(26(30)28-24-16-22(29(31)32)11-7-18(24)2)15-20(25)17-34-23-12-9-21(10-13-23)27(3,4)5/h7-16H,6,17H2,1-5H3,(H,28,30). The molecule has 0 saturated carbocycles. The van der Waals surface area contributed by atoms with Crippen LogP contribution in [0.25, 0.3) is 0 Å². The number of anilines is 1. The molecule has 0 aliphatic rings. The maximum Gasteiger partial charge on any atom is 0.271 e. The molecule has 0 radical (unpaired) electrons. The highest BCUT2D eigenvalue weighted by Crippen LogP contribution is 2.27. The van der Waals surface area contributed by atoms with Gasteiger partial charge in [-0.05, 0) is 60.7 Å². The van der Waals surface area contributed by atoms with Gasteiger partial charge in [0.2, 0.25) is 0 Å². The smallest absolute Gasteiger partial charge is 0.271 e. The van der Waals surface area contributed by atoms with Crippen molar-refractivity contribution >= 4 is 17.3 Å². The molecule has 0 atom stereocenters. The van der Waals surface area contributed by atoms with E-state index in [4.69, 9.17) is 9.47 Å². The molecule has 0 saturated heterocycles. The van der Waals surface area contributed by atoms with Gasteiger partial charge in [0.15, 0.2) is 0 Å². The largest absolute Gasteiger partial charge is 0.493 e. The summed E-state index contributed by atoms with van der Waals surface area (Å²) in [5, 5.41) is 13.9. The van der Waals surface area contributed by atoms with Gasteiger partial charge in [-0.3, -0.25) is 14.9 Å². The minimum Gasteiger partial charge on any atom is -0.493 e. The van der Waals surface area contributed by atoms with Gasteiger partial charge in [0, 0.05) is 23.3 Å². The van der Waals surface area contributed by atoms with E-state index in [0.717, 1.165) is 16.9 Å². The number of benzene rings is 3.